The number of benzene rings is 2. The van der Waals surface area contributed by atoms with E-state index in [0.717, 1.165) is 6.07 Å². The van der Waals surface area contributed by atoms with Crippen molar-refractivity contribution in [1.29, 1.82) is 0 Å². The number of alkyl halides is 1. The van der Waals surface area contributed by atoms with E-state index in [1.165, 1.54) is 26.4 Å². The van der Waals surface area contributed by atoms with Gasteiger partial charge in [0.2, 0.25) is 0 Å². The fourth-order valence-corrected chi connectivity index (χ4v) is 2.21. The van der Waals surface area contributed by atoms with E-state index in [2.05, 4.69) is 0 Å². The highest BCUT2D eigenvalue weighted by atomic mass is 35.5. The Morgan fingerprint density at radius 2 is 1.65 bits per heavy atom. The summed E-state index contributed by atoms with van der Waals surface area (Å²) in [6.07, 6.45) is 0. The predicted octanol–water partition coefficient (Wildman–Crippen LogP) is 4.31. The molecule has 0 saturated heterocycles. The third kappa shape index (κ3) is 2.85. The number of hydrogen-bond acceptors (Lipinski definition) is 2. The van der Waals surface area contributed by atoms with Crippen molar-refractivity contribution in [2.45, 2.75) is 5.38 Å². The first kappa shape index (κ1) is 14.6. The smallest absolute Gasteiger partial charge is 0.161 e. The van der Waals surface area contributed by atoms with Gasteiger partial charge in [-0.05, 0) is 23.8 Å². The van der Waals surface area contributed by atoms with Gasteiger partial charge in [-0.25, -0.2) is 8.78 Å². The van der Waals surface area contributed by atoms with Crippen molar-refractivity contribution >= 4 is 11.6 Å². The largest absolute Gasteiger partial charge is 0.493 e. The van der Waals surface area contributed by atoms with Crippen LogP contribution in [-0.4, -0.2) is 14.2 Å². The topological polar surface area (TPSA) is 18.5 Å². The normalized spacial score (nSPS) is 12.1. The summed E-state index contributed by atoms with van der Waals surface area (Å²) >= 11 is 6.25. The van der Waals surface area contributed by atoms with Crippen LogP contribution in [0.2, 0.25) is 0 Å². The second-order valence-corrected chi connectivity index (χ2v) is 4.58. The van der Waals surface area contributed by atoms with Gasteiger partial charge in [-0.2, -0.15) is 0 Å². The summed E-state index contributed by atoms with van der Waals surface area (Å²) in [5.74, 6) is -0.264. The lowest BCUT2D eigenvalue weighted by atomic mass is 10.0. The van der Waals surface area contributed by atoms with Crippen molar-refractivity contribution in [2.24, 2.45) is 0 Å². The maximum Gasteiger partial charge on any atom is 0.161 e. The highest BCUT2D eigenvalue weighted by Crippen LogP contribution is 2.36. The van der Waals surface area contributed by atoms with E-state index in [1.54, 1.807) is 18.2 Å². The molecule has 2 nitrogen and oxygen atoms in total. The summed E-state index contributed by atoms with van der Waals surface area (Å²) in [7, 11) is 3.03. The zero-order valence-electron chi connectivity index (χ0n) is 11.0. The van der Waals surface area contributed by atoms with E-state index in [-0.39, 0.29) is 5.56 Å². The van der Waals surface area contributed by atoms with E-state index in [0.29, 0.717) is 17.1 Å². The molecular weight excluding hydrogens is 286 g/mol. The van der Waals surface area contributed by atoms with E-state index in [4.69, 9.17) is 21.1 Å². The van der Waals surface area contributed by atoms with Crippen LogP contribution >= 0.6 is 11.6 Å². The van der Waals surface area contributed by atoms with Crippen molar-refractivity contribution in [3.8, 4) is 11.5 Å². The van der Waals surface area contributed by atoms with Gasteiger partial charge in [-0.1, -0.05) is 12.1 Å². The monoisotopic (exact) mass is 298 g/mol. The van der Waals surface area contributed by atoms with Gasteiger partial charge in [0.05, 0.1) is 19.6 Å². The van der Waals surface area contributed by atoms with Gasteiger partial charge in [0.15, 0.2) is 11.5 Å². The molecule has 0 heterocycles. The second-order valence-electron chi connectivity index (χ2n) is 4.14. The van der Waals surface area contributed by atoms with Crippen LogP contribution < -0.4 is 9.47 Å². The third-order valence-electron chi connectivity index (χ3n) is 2.94. The molecule has 5 heteroatoms. The molecule has 0 spiro atoms. The van der Waals surface area contributed by atoms with Gasteiger partial charge in [0.1, 0.15) is 11.6 Å². The Bertz CT molecular complexity index is 617. The third-order valence-corrected chi connectivity index (χ3v) is 3.42. The molecule has 0 amide bonds. The molecule has 0 saturated carbocycles. The highest BCUT2D eigenvalue weighted by molar-refractivity contribution is 6.22. The minimum absolute atomic E-state index is 0.209. The Labute approximate surface area is 120 Å². The summed E-state index contributed by atoms with van der Waals surface area (Å²) in [6, 6.07) is 8.38. The maximum atomic E-state index is 13.7. The van der Waals surface area contributed by atoms with Crippen LogP contribution in [0.15, 0.2) is 36.4 Å². The molecule has 0 fully saturated rings. The molecule has 20 heavy (non-hydrogen) atoms. The van der Waals surface area contributed by atoms with Crippen LogP contribution in [0.3, 0.4) is 0 Å². The number of ether oxygens (including phenoxy) is 2. The lowest BCUT2D eigenvalue weighted by Crippen LogP contribution is -1.99. The number of rotatable bonds is 4. The van der Waals surface area contributed by atoms with Gasteiger partial charge in [-0.15, -0.1) is 11.6 Å². The van der Waals surface area contributed by atoms with Crippen LogP contribution in [0.25, 0.3) is 0 Å². The molecular formula is C15H13ClF2O2. The van der Waals surface area contributed by atoms with Crippen molar-refractivity contribution in [2.75, 3.05) is 14.2 Å². The van der Waals surface area contributed by atoms with Crippen LogP contribution in [0.5, 0.6) is 11.5 Å². The van der Waals surface area contributed by atoms with Gasteiger partial charge in [-0.3, -0.25) is 0 Å². The molecule has 0 aliphatic carbocycles. The highest BCUT2D eigenvalue weighted by Gasteiger charge is 2.17. The molecule has 2 rings (SSSR count). The van der Waals surface area contributed by atoms with Crippen LogP contribution in [0.4, 0.5) is 8.78 Å². The van der Waals surface area contributed by atoms with Crippen LogP contribution in [0.1, 0.15) is 16.5 Å². The predicted molar refractivity (Wildman–Crippen MR) is 73.6 cm³/mol. The molecule has 0 bridgehead atoms. The Hall–Kier alpha value is -1.81. The van der Waals surface area contributed by atoms with Crippen molar-refractivity contribution < 1.29 is 18.3 Å². The van der Waals surface area contributed by atoms with Crippen molar-refractivity contribution in [3.05, 3.63) is 59.2 Å². The van der Waals surface area contributed by atoms with Crippen LogP contribution in [-0.2, 0) is 0 Å². The zero-order chi connectivity index (χ0) is 14.7. The first-order valence-corrected chi connectivity index (χ1v) is 6.31. The van der Waals surface area contributed by atoms with E-state index in [1.807, 2.05) is 0 Å². The minimum Gasteiger partial charge on any atom is -0.493 e. The molecule has 0 N–H and O–H groups in total. The summed E-state index contributed by atoms with van der Waals surface area (Å²) in [6.45, 7) is 0. The number of hydrogen-bond donors (Lipinski definition) is 0. The minimum atomic E-state index is -0.740. The molecule has 0 aliphatic rings. The molecule has 2 aromatic rings. The summed E-state index contributed by atoms with van der Waals surface area (Å²) in [4.78, 5) is 0. The Kier molecular flexibility index (Phi) is 4.45. The van der Waals surface area contributed by atoms with Gasteiger partial charge in [0, 0.05) is 11.6 Å². The van der Waals surface area contributed by atoms with Crippen LogP contribution in [0, 0.1) is 11.6 Å². The Balaban J connectivity index is 2.40. The lowest BCUT2D eigenvalue weighted by molar-refractivity contribution is 0.354. The average Bonchev–Trinajstić information content (AvgIpc) is 2.45. The molecule has 0 aliphatic heterocycles. The molecule has 1 atom stereocenters. The summed E-state index contributed by atoms with van der Waals surface area (Å²) < 4.78 is 36.9. The molecule has 106 valence electrons. The second kappa shape index (κ2) is 6.09. The maximum absolute atomic E-state index is 13.7. The Morgan fingerprint density at radius 3 is 2.25 bits per heavy atom. The molecule has 1 unspecified atom stereocenters. The number of halogens is 3. The van der Waals surface area contributed by atoms with Gasteiger partial charge < -0.3 is 9.47 Å². The average molecular weight is 299 g/mol. The standard InChI is InChI=1S/C15H13ClF2O2/c1-19-13-6-3-9(7-14(13)20-2)15(16)11-5-4-10(17)8-12(11)18/h3-8,15H,1-2H3. The van der Waals surface area contributed by atoms with Gasteiger partial charge >= 0.3 is 0 Å². The van der Waals surface area contributed by atoms with Crippen molar-refractivity contribution in [1.82, 2.24) is 0 Å². The SMILES string of the molecule is COc1ccc(C(Cl)c2ccc(F)cc2F)cc1OC. The Morgan fingerprint density at radius 1 is 0.950 bits per heavy atom. The molecule has 2 aromatic carbocycles. The van der Waals surface area contributed by atoms with Gasteiger partial charge in [0.25, 0.3) is 0 Å². The van der Waals surface area contributed by atoms with E-state index < -0.39 is 17.0 Å². The summed E-state index contributed by atoms with van der Waals surface area (Å²) in [5, 5.41) is -0.740. The fraction of sp³-hybridized carbons (Fsp3) is 0.200. The fourth-order valence-electron chi connectivity index (χ4n) is 1.90. The van der Waals surface area contributed by atoms with Crippen molar-refractivity contribution in [3.63, 3.8) is 0 Å². The van der Waals surface area contributed by atoms with E-state index >= 15 is 0 Å². The first-order valence-electron chi connectivity index (χ1n) is 5.87. The zero-order valence-corrected chi connectivity index (χ0v) is 11.7. The summed E-state index contributed by atoms with van der Waals surface area (Å²) in [5.41, 5.74) is 0.843. The lowest BCUT2D eigenvalue weighted by Gasteiger charge is -2.14. The number of methoxy groups -OCH3 is 2. The molecule has 0 radical (unpaired) electrons. The first-order chi connectivity index (χ1) is 9.56. The van der Waals surface area contributed by atoms with E-state index in [9.17, 15) is 8.78 Å². The quantitative estimate of drug-likeness (QED) is 0.783. The molecule has 0 aromatic heterocycles.